The van der Waals surface area contributed by atoms with Crippen molar-refractivity contribution < 1.29 is 9.53 Å². The Kier molecular flexibility index (Phi) is 3.98. The summed E-state index contributed by atoms with van der Waals surface area (Å²) in [5.74, 6) is 0.0929. The van der Waals surface area contributed by atoms with E-state index in [1.54, 1.807) is 19.1 Å². The summed E-state index contributed by atoms with van der Waals surface area (Å²) in [6.07, 6.45) is 0. The molecule has 0 aliphatic rings. The van der Waals surface area contributed by atoms with Crippen LogP contribution in [0, 0.1) is 0 Å². The standard InChI is InChI=1S/C16H15NO2/c1-12(2)16(18)19-15-10-8-14(9-11-15)17-13-6-4-3-5-7-13/h3-11,17H,1H2,2H3. The number of rotatable bonds is 4. The molecule has 19 heavy (non-hydrogen) atoms. The summed E-state index contributed by atoms with van der Waals surface area (Å²) >= 11 is 0. The first-order valence-corrected chi connectivity index (χ1v) is 5.95. The van der Waals surface area contributed by atoms with Gasteiger partial charge in [-0.1, -0.05) is 24.8 Å². The van der Waals surface area contributed by atoms with Crippen LogP contribution in [0.2, 0.25) is 0 Å². The number of ether oxygens (including phenoxy) is 1. The van der Waals surface area contributed by atoms with E-state index in [4.69, 9.17) is 4.74 Å². The van der Waals surface area contributed by atoms with Crippen molar-refractivity contribution in [2.75, 3.05) is 5.32 Å². The first-order chi connectivity index (χ1) is 9.15. The highest BCUT2D eigenvalue weighted by atomic mass is 16.5. The van der Waals surface area contributed by atoms with Crippen LogP contribution in [0.25, 0.3) is 0 Å². The summed E-state index contributed by atoms with van der Waals surface area (Å²) in [6, 6.07) is 17.0. The van der Waals surface area contributed by atoms with E-state index in [1.165, 1.54) is 0 Å². The quantitative estimate of drug-likeness (QED) is 0.510. The number of hydrogen-bond acceptors (Lipinski definition) is 3. The molecule has 3 heteroatoms. The fourth-order valence-corrected chi connectivity index (χ4v) is 1.49. The van der Waals surface area contributed by atoms with Crippen LogP contribution in [0.3, 0.4) is 0 Å². The molecule has 2 aromatic carbocycles. The van der Waals surface area contributed by atoms with Gasteiger partial charge in [0, 0.05) is 16.9 Å². The third kappa shape index (κ3) is 3.71. The Bertz CT molecular complexity index is 573. The first-order valence-electron chi connectivity index (χ1n) is 5.95. The van der Waals surface area contributed by atoms with E-state index in [0.29, 0.717) is 11.3 Å². The van der Waals surface area contributed by atoms with E-state index in [1.807, 2.05) is 42.5 Å². The predicted octanol–water partition coefficient (Wildman–Crippen LogP) is 3.91. The third-order valence-corrected chi connectivity index (χ3v) is 2.48. The molecule has 0 aliphatic heterocycles. The Balaban J connectivity index is 2.03. The van der Waals surface area contributed by atoms with Gasteiger partial charge in [-0.25, -0.2) is 4.79 Å². The molecule has 0 unspecified atom stereocenters. The average Bonchev–Trinajstić information content (AvgIpc) is 2.42. The van der Waals surface area contributed by atoms with Crippen molar-refractivity contribution in [3.8, 4) is 5.75 Å². The number of carbonyl (C=O) groups is 1. The van der Waals surface area contributed by atoms with Gasteiger partial charge in [-0.05, 0) is 43.3 Å². The second kappa shape index (κ2) is 5.87. The van der Waals surface area contributed by atoms with Crippen molar-refractivity contribution in [3.63, 3.8) is 0 Å². The summed E-state index contributed by atoms with van der Waals surface area (Å²) in [6.45, 7) is 5.16. The van der Waals surface area contributed by atoms with Crippen LogP contribution in [0.1, 0.15) is 6.92 Å². The van der Waals surface area contributed by atoms with Crippen LogP contribution in [0.5, 0.6) is 5.75 Å². The van der Waals surface area contributed by atoms with Crippen molar-refractivity contribution in [2.45, 2.75) is 6.92 Å². The van der Waals surface area contributed by atoms with E-state index in [2.05, 4.69) is 11.9 Å². The second-order valence-electron chi connectivity index (χ2n) is 4.19. The summed E-state index contributed by atoms with van der Waals surface area (Å²) < 4.78 is 5.11. The molecule has 96 valence electrons. The van der Waals surface area contributed by atoms with Crippen molar-refractivity contribution in [1.82, 2.24) is 0 Å². The smallest absolute Gasteiger partial charge is 0.338 e. The molecule has 0 bridgehead atoms. The molecule has 1 N–H and O–H groups in total. The predicted molar refractivity (Wildman–Crippen MR) is 76.6 cm³/mol. The third-order valence-electron chi connectivity index (χ3n) is 2.48. The van der Waals surface area contributed by atoms with Gasteiger partial charge < -0.3 is 10.1 Å². The number of hydrogen-bond donors (Lipinski definition) is 1. The summed E-state index contributed by atoms with van der Waals surface area (Å²) in [5.41, 5.74) is 2.32. The summed E-state index contributed by atoms with van der Waals surface area (Å²) in [4.78, 5) is 11.4. The zero-order valence-electron chi connectivity index (χ0n) is 10.7. The fraction of sp³-hybridized carbons (Fsp3) is 0.0625. The van der Waals surface area contributed by atoms with Crippen LogP contribution >= 0.6 is 0 Å². The highest BCUT2D eigenvalue weighted by Crippen LogP contribution is 2.20. The summed E-state index contributed by atoms with van der Waals surface area (Å²) in [5, 5.41) is 3.25. The van der Waals surface area contributed by atoms with E-state index in [9.17, 15) is 4.79 Å². The van der Waals surface area contributed by atoms with Gasteiger partial charge >= 0.3 is 5.97 Å². The largest absolute Gasteiger partial charge is 0.423 e. The van der Waals surface area contributed by atoms with Gasteiger partial charge in [0.15, 0.2) is 0 Å². The monoisotopic (exact) mass is 253 g/mol. The van der Waals surface area contributed by atoms with Crippen LogP contribution in [0.4, 0.5) is 11.4 Å². The van der Waals surface area contributed by atoms with Crippen LogP contribution in [0.15, 0.2) is 66.7 Å². The molecule has 2 aromatic rings. The maximum absolute atomic E-state index is 11.4. The maximum Gasteiger partial charge on any atom is 0.338 e. The normalized spacial score (nSPS) is 9.74. The molecule has 0 saturated carbocycles. The molecule has 0 aliphatic carbocycles. The number of benzene rings is 2. The number of carbonyl (C=O) groups excluding carboxylic acids is 1. The van der Waals surface area contributed by atoms with Gasteiger partial charge in [0.05, 0.1) is 0 Å². The lowest BCUT2D eigenvalue weighted by Crippen LogP contribution is -2.07. The Morgan fingerprint density at radius 3 is 2.16 bits per heavy atom. The molecule has 3 nitrogen and oxygen atoms in total. The molecule has 0 spiro atoms. The zero-order valence-corrected chi connectivity index (χ0v) is 10.7. The number of nitrogens with one attached hydrogen (secondary N) is 1. The van der Waals surface area contributed by atoms with Gasteiger partial charge in [0.2, 0.25) is 0 Å². The van der Waals surface area contributed by atoms with Crippen LogP contribution < -0.4 is 10.1 Å². The lowest BCUT2D eigenvalue weighted by atomic mass is 10.2. The lowest BCUT2D eigenvalue weighted by Gasteiger charge is -2.07. The molecule has 0 fully saturated rings. The highest BCUT2D eigenvalue weighted by Gasteiger charge is 2.04. The number of anilines is 2. The molecule has 0 saturated heterocycles. The van der Waals surface area contributed by atoms with Crippen LogP contribution in [-0.4, -0.2) is 5.97 Å². The van der Waals surface area contributed by atoms with E-state index in [-0.39, 0.29) is 0 Å². The molecule has 0 atom stereocenters. The lowest BCUT2D eigenvalue weighted by molar-refractivity contribution is -0.130. The molecular formula is C16H15NO2. The maximum atomic E-state index is 11.4. The Morgan fingerprint density at radius 2 is 1.58 bits per heavy atom. The number of esters is 1. The topological polar surface area (TPSA) is 38.3 Å². The Hall–Kier alpha value is -2.55. The zero-order chi connectivity index (χ0) is 13.7. The minimum absolute atomic E-state index is 0.381. The molecule has 0 heterocycles. The molecular weight excluding hydrogens is 238 g/mol. The van der Waals surface area contributed by atoms with Gasteiger partial charge in [-0.3, -0.25) is 0 Å². The van der Waals surface area contributed by atoms with E-state index in [0.717, 1.165) is 11.4 Å². The average molecular weight is 253 g/mol. The van der Waals surface area contributed by atoms with Crippen molar-refractivity contribution in [1.29, 1.82) is 0 Å². The SMILES string of the molecule is C=C(C)C(=O)Oc1ccc(Nc2ccccc2)cc1. The van der Waals surface area contributed by atoms with E-state index < -0.39 is 5.97 Å². The van der Waals surface area contributed by atoms with Crippen molar-refractivity contribution >= 4 is 17.3 Å². The van der Waals surface area contributed by atoms with Gasteiger partial charge in [0.25, 0.3) is 0 Å². The van der Waals surface area contributed by atoms with E-state index >= 15 is 0 Å². The van der Waals surface area contributed by atoms with Crippen LogP contribution in [-0.2, 0) is 4.79 Å². The van der Waals surface area contributed by atoms with Gasteiger partial charge in [-0.15, -0.1) is 0 Å². The first kappa shape index (κ1) is 12.9. The van der Waals surface area contributed by atoms with Crippen molar-refractivity contribution in [2.24, 2.45) is 0 Å². The second-order valence-corrected chi connectivity index (χ2v) is 4.19. The molecule has 0 aromatic heterocycles. The molecule has 2 rings (SSSR count). The summed E-state index contributed by atoms with van der Waals surface area (Å²) in [7, 11) is 0. The highest BCUT2D eigenvalue weighted by molar-refractivity contribution is 5.88. The van der Waals surface area contributed by atoms with Gasteiger partial charge in [-0.2, -0.15) is 0 Å². The minimum atomic E-state index is -0.413. The van der Waals surface area contributed by atoms with Gasteiger partial charge in [0.1, 0.15) is 5.75 Å². The Morgan fingerprint density at radius 1 is 1.00 bits per heavy atom. The minimum Gasteiger partial charge on any atom is -0.423 e. The molecule has 0 radical (unpaired) electrons. The molecule has 0 amide bonds. The Labute approximate surface area is 112 Å². The van der Waals surface area contributed by atoms with Crippen molar-refractivity contribution in [3.05, 3.63) is 66.7 Å². The number of para-hydroxylation sites is 1. The fourth-order valence-electron chi connectivity index (χ4n) is 1.49.